The van der Waals surface area contributed by atoms with Gasteiger partial charge in [-0.1, -0.05) is 27.7 Å². The lowest BCUT2D eigenvalue weighted by Gasteiger charge is -2.21. The predicted octanol–water partition coefficient (Wildman–Crippen LogP) is 4.36. The quantitative estimate of drug-likeness (QED) is 0.608. The number of hydrogen-bond acceptors (Lipinski definition) is 6. The summed E-state index contributed by atoms with van der Waals surface area (Å²) in [6, 6.07) is 6.09. The van der Waals surface area contributed by atoms with Crippen LogP contribution in [0.15, 0.2) is 27.8 Å². The number of nitrogens with one attached hydrogen (secondary N) is 2. The third-order valence-corrected chi connectivity index (χ3v) is 7.91. The van der Waals surface area contributed by atoms with Crippen LogP contribution in [0, 0.1) is 11.3 Å². The van der Waals surface area contributed by atoms with Crippen LogP contribution in [-0.4, -0.2) is 19.6 Å². The van der Waals surface area contributed by atoms with Gasteiger partial charge in [-0.3, -0.25) is 0 Å². The maximum absolute atomic E-state index is 12.6. The van der Waals surface area contributed by atoms with Gasteiger partial charge >= 0.3 is 6.03 Å². The highest BCUT2D eigenvalue weighted by molar-refractivity contribution is 7.92. The molecule has 0 spiro atoms. The molecule has 3 N–H and O–H groups in total. The van der Waals surface area contributed by atoms with E-state index in [0.717, 1.165) is 22.5 Å². The molecular weight excluding hydrogens is 422 g/mol. The number of amides is 2. The zero-order valence-electron chi connectivity index (χ0n) is 17.3. The molecule has 1 aromatic heterocycles. The van der Waals surface area contributed by atoms with Gasteiger partial charge in [0.1, 0.15) is 4.21 Å². The highest BCUT2D eigenvalue weighted by Crippen LogP contribution is 2.47. The number of benzene rings is 1. The Morgan fingerprint density at radius 3 is 2.20 bits per heavy atom. The van der Waals surface area contributed by atoms with Crippen molar-refractivity contribution in [2.24, 2.45) is 0 Å². The molecule has 1 fully saturated rings. The topological polar surface area (TPSA) is 119 Å². The number of anilines is 1. The molecule has 1 saturated carbocycles. The number of sulfonamides is 1. The highest BCUT2D eigenvalue weighted by atomic mass is 32.2. The van der Waals surface area contributed by atoms with Crippen LogP contribution in [0.4, 0.5) is 10.5 Å². The molecule has 1 aliphatic carbocycles. The fourth-order valence-electron chi connectivity index (χ4n) is 3.23. The molecule has 7 nitrogen and oxygen atoms in total. The van der Waals surface area contributed by atoms with Gasteiger partial charge in [0.05, 0.1) is 17.2 Å². The summed E-state index contributed by atoms with van der Waals surface area (Å²) in [6.07, 6.45) is 1.21. The number of hydrogen-bond donors (Lipinski definition) is 3. The number of nitrogens with zero attached hydrogens (tertiary/aromatic N) is 1. The van der Waals surface area contributed by atoms with Gasteiger partial charge in [0.2, 0.25) is 0 Å². The Balaban J connectivity index is 1.87. The molecule has 1 aromatic carbocycles. The largest absolute Gasteiger partial charge is 0.385 e. The Morgan fingerprint density at radius 1 is 1.17 bits per heavy atom. The Bertz CT molecular complexity index is 1090. The Labute approximate surface area is 180 Å². The van der Waals surface area contributed by atoms with Crippen molar-refractivity contribution >= 4 is 33.1 Å². The van der Waals surface area contributed by atoms with Crippen LogP contribution in [-0.2, 0) is 15.6 Å². The highest BCUT2D eigenvalue weighted by Gasteiger charge is 2.43. The summed E-state index contributed by atoms with van der Waals surface area (Å²) in [5.41, 5.74) is 2.16. The molecule has 0 atom stereocenters. The minimum Gasteiger partial charge on any atom is -0.385 e. The first-order valence-corrected chi connectivity index (χ1v) is 12.1. The summed E-state index contributed by atoms with van der Waals surface area (Å²) in [4.78, 5) is 12.6. The Morgan fingerprint density at radius 2 is 1.73 bits per heavy atom. The number of carbonyl (C=O) groups is 1. The van der Waals surface area contributed by atoms with E-state index in [9.17, 15) is 23.6 Å². The lowest BCUT2D eigenvalue weighted by Crippen LogP contribution is -2.34. The Kier molecular flexibility index (Phi) is 5.96. The van der Waals surface area contributed by atoms with Crippen molar-refractivity contribution in [3.05, 3.63) is 45.8 Å². The molecule has 1 heterocycles. The number of thiophene rings is 1. The molecule has 1 aliphatic rings. The first-order valence-electron chi connectivity index (χ1n) is 9.70. The normalized spacial score (nSPS) is 15.1. The van der Waals surface area contributed by atoms with E-state index >= 15 is 0 Å². The lowest BCUT2D eigenvalue weighted by molar-refractivity contribution is 0.152. The van der Waals surface area contributed by atoms with E-state index in [0.29, 0.717) is 29.7 Å². The molecule has 2 amide bonds. The third kappa shape index (κ3) is 4.51. The zero-order valence-corrected chi connectivity index (χ0v) is 18.9. The van der Waals surface area contributed by atoms with Crippen LogP contribution in [0.2, 0.25) is 0 Å². The molecule has 160 valence electrons. The van der Waals surface area contributed by atoms with Crippen LogP contribution in [0.1, 0.15) is 74.6 Å². The molecule has 9 heteroatoms. The van der Waals surface area contributed by atoms with Crippen molar-refractivity contribution in [3.8, 4) is 6.07 Å². The standard InChI is InChI=1S/C21H25N3O4S2/c1-12(2)16-7-14(10-22)8-17(13(3)4)19(16)23-20(25)24-30(27,28)18-9-15(11-29-18)21(26)5-6-21/h7-9,11-13,26H,5-6H2,1-4H3,(H2,23,24,25). The molecule has 2 aromatic rings. The van der Waals surface area contributed by atoms with Gasteiger partial charge in [0.15, 0.2) is 0 Å². The van der Waals surface area contributed by atoms with Crippen molar-refractivity contribution < 1.29 is 18.3 Å². The van der Waals surface area contributed by atoms with E-state index in [1.807, 2.05) is 27.7 Å². The predicted molar refractivity (Wildman–Crippen MR) is 116 cm³/mol. The van der Waals surface area contributed by atoms with E-state index < -0.39 is 21.7 Å². The number of nitriles is 1. The monoisotopic (exact) mass is 447 g/mol. The first-order chi connectivity index (χ1) is 14.0. The first kappa shape index (κ1) is 22.3. The second kappa shape index (κ2) is 8.02. The van der Waals surface area contributed by atoms with Gasteiger partial charge in [-0.25, -0.2) is 17.9 Å². The molecular formula is C21H25N3O4S2. The van der Waals surface area contributed by atoms with E-state index in [2.05, 4.69) is 16.1 Å². The second-order valence-electron chi connectivity index (χ2n) is 8.20. The average molecular weight is 448 g/mol. The summed E-state index contributed by atoms with van der Waals surface area (Å²) in [5, 5.41) is 23.8. The fraction of sp³-hybridized carbons (Fsp3) is 0.429. The van der Waals surface area contributed by atoms with Crippen LogP contribution >= 0.6 is 11.3 Å². The van der Waals surface area contributed by atoms with Crippen LogP contribution in [0.3, 0.4) is 0 Å². The molecule has 0 unspecified atom stereocenters. The average Bonchev–Trinajstić information content (AvgIpc) is 3.19. The van der Waals surface area contributed by atoms with E-state index in [4.69, 9.17) is 0 Å². The van der Waals surface area contributed by atoms with Crippen LogP contribution in [0.5, 0.6) is 0 Å². The smallest absolute Gasteiger partial charge is 0.333 e. The minimum absolute atomic E-state index is 0.0156. The second-order valence-corrected chi connectivity index (χ2v) is 11.0. The Hall–Kier alpha value is -2.41. The molecule has 0 radical (unpaired) electrons. The third-order valence-electron chi connectivity index (χ3n) is 5.14. The van der Waals surface area contributed by atoms with Crippen molar-refractivity contribution in [3.63, 3.8) is 0 Å². The summed E-state index contributed by atoms with van der Waals surface area (Å²) < 4.78 is 27.3. The lowest BCUT2D eigenvalue weighted by atomic mass is 9.90. The van der Waals surface area contributed by atoms with E-state index in [1.54, 1.807) is 17.5 Å². The van der Waals surface area contributed by atoms with E-state index in [1.165, 1.54) is 6.07 Å². The van der Waals surface area contributed by atoms with Crippen molar-refractivity contribution in [2.75, 3.05) is 5.32 Å². The van der Waals surface area contributed by atoms with Crippen molar-refractivity contribution in [1.29, 1.82) is 5.26 Å². The summed E-state index contributed by atoms with van der Waals surface area (Å²) >= 11 is 0.966. The summed E-state index contributed by atoms with van der Waals surface area (Å²) in [5.74, 6) is 0.0312. The molecule has 30 heavy (non-hydrogen) atoms. The number of aliphatic hydroxyl groups is 1. The number of carbonyl (C=O) groups excluding carboxylic acids is 1. The maximum Gasteiger partial charge on any atom is 0.333 e. The van der Waals surface area contributed by atoms with Crippen molar-refractivity contribution in [2.45, 2.75) is 62.2 Å². The number of urea groups is 1. The van der Waals surface area contributed by atoms with Gasteiger partial charge in [0, 0.05) is 5.69 Å². The summed E-state index contributed by atoms with van der Waals surface area (Å²) in [7, 11) is -4.08. The van der Waals surface area contributed by atoms with Crippen LogP contribution in [0.25, 0.3) is 0 Å². The van der Waals surface area contributed by atoms with Gasteiger partial charge in [-0.15, -0.1) is 11.3 Å². The van der Waals surface area contributed by atoms with Crippen LogP contribution < -0.4 is 10.0 Å². The van der Waals surface area contributed by atoms with Gasteiger partial charge in [0.25, 0.3) is 10.0 Å². The van der Waals surface area contributed by atoms with Gasteiger partial charge in [-0.2, -0.15) is 5.26 Å². The summed E-state index contributed by atoms with van der Waals surface area (Å²) in [6.45, 7) is 7.76. The molecule has 0 bridgehead atoms. The fourth-order valence-corrected chi connectivity index (χ4v) is 5.41. The molecule has 3 rings (SSSR count). The maximum atomic E-state index is 12.6. The molecule has 0 saturated heterocycles. The zero-order chi connectivity index (χ0) is 22.3. The van der Waals surface area contributed by atoms with Gasteiger partial charge < -0.3 is 10.4 Å². The number of rotatable bonds is 6. The van der Waals surface area contributed by atoms with Gasteiger partial charge in [-0.05, 0) is 64.9 Å². The van der Waals surface area contributed by atoms with E-state index in [-0.39, 0.29) is 16.0 Å². The SMILES string of the molecule is CC(C)c1cc(C#N)cc(C(C)C)c1NC(=O)NS(=O)(=O)c1cc(C2(O)CC2)cs1. The molecule has 0 aliphatic heterocycles. The van der Waals surface area contributed by atoms with Crippen molar-refractivity contribution in [1.82, 2.24) is 4.72 Å². The minimum atomic E-state index is -4.08.